The van der Waals surface area contributed by atoms with Crippen LogP contribution in [0.2, 0.25) is 0 Å². The Labute approximate surface area is 196 Å². The molecule has 3 aromatic rings. The first kappa shape index (κ1) is 23.5. The highest BCUT2D eigenvalue weighted by Gasteiger charge is 2.42. The zero-order valence-electron chi connectivity index (χ0n) is 20.0. The van der Waals surface area contributed by atoms with Gasteiger partial charge in [0, 0.05) is 27.2 Å². The maximum absolute atomic E-state index is 12.6. The van der Waals surface area contributed by atoms with Crippen LogP contribution in [0.3, 0.4) is 0 Å². The molecule has 1 aliphatic rings. The minimum absolute atomic E-state index is 0.0271. The molecule has 0 saturated heterocycles. The number of nitrogens with one attached hydrogen (secondary N) is 2. The minimum Gasteiger partial charge on any atom is -0.504 e. The molecule has 1 aliphatic carbocycles. The third-order valence-corrected chi connectivity index (χ3v) is 6.65. The van der Waals surface area contributed by atoms with Crippen LogP contribution in [-0.2, 0) is 0 Å². The molecule has 1 atom stereocenters. The lowest BCUT2D eigenvalue weighted by Gasteiger charge is -2.35. The molecule has 3 N–H and O–H groups in total. The number of aromatic hydroxyl groups is 1. The van der Waals surface area contributed by atoms with Crippen LogP contribution < -0.4 is 21.5 Å². The molecular weight excluding hydrogens is 438 g/mol. The van der Waals surface area contributed by atoms with Gasteiger partial charge in [0.25, 0.3) is 16.8 Å². The molecule has 10 nitrogen and oxygen atoms in total. The number of pyridine rings is 1. The van der Waals surface area contributed by atoms with Crippen LogP contribution in [-0.4, -0.2) is 40.0 Å². The summed E-state index contributed by atoms with van der Waals surface area (Å²) in [5.41, 5.74) is -0.728. The van der Waals surface area contributed by atoms with E-state index in [1.807, 2.05) is 6.92 Å². The van der Waals surface area contributed by atoms with E-state index in [1.165, 1.54) is 17.2 Å². The van der Waals surface area contributed by atoms with Gasteiger partial charge in [-0.1, -0.05) is 19.8 Å². The SMILES string of the molecule is Cc1nc([C@H](Nc2c(Nc3ccnc(C(=O)N(C)C)c3O)c(=O)c2=O)C2(C)CCCC2)c(C)o1. The highest BCUT2D eigenvalue weighted by Crippen LogP contribution is 2.49. The predicted molar refractivity (Wildman–Crippen MR) is 127 cm³/mol. The zero-order valence-corrected chi connectivity index (χ0v) is 20.0. The molecule has 1 aromatic carbocycles. The van der Waals surface area contributed by atoms with E-state index in [-0.39, 0.29) is 34.2 Å². The van der Waals surface area contributed by atoms with Gasteiger partial charge < -0.3 is 25.1 Å². The number of carbonyl (C=O) groups is 1. The quantitative estimate of drug-likeness (QED) is 0.447. The van der Waals surface area contributed by atoms with Crippen molar-refractivity contribution in [2.75, 3.05) is 24.7 Å². The van der Waals surface area contributed by atoms with Crippen molar-refractivity contribution in [3.63, 3.8) is 0 Å². The number of aromatic nitrogens is 2. The van der Waals surface area contributed by atoms with Crippen LogP contribution >= 0.6 is 0 Å². The van der Waals surface area contributed by atoms with E-state index in [4.69, 9.17) is 4.42 Å². The number of carbonyl (C=O) groups excluding carboxylic acids is 1. The third kappa shape index (κ3) is 3.93. The summed E-state index contributed by atoms with van der Waals surface area (Å²) in [6.45, 7) is 5.75. The van der Waals surface area contributed by atoms with Gasteiger partial charge >= 0.3 is 0 Å². The van der Waals surface area contributed by atoms with Gasteiger partial charge in [-0.25, -0.2) is 9.97 Å². The number of amides is 1. The predicted octanol–water partition coefficient (Wildman–Crippen LogP) is 3.17. The number of hydrogen-bond acceptors (Lipinski definition) is 9. The monoisotopic (exact) mass is 467 g/mol. The minimum atomic E-state index is -0.706. The molecule has 0 aliphatic heterocycles. The van der Waals surface area contributed by atoms with Crippen molar-refractivity contribution < 1.29 is 14.3 Å². The zero-order chi connectivity index (χ0) is 24.8. The van der Waals surface area contributed by atoms with E-state index in [1.54, 1.807) is 21.0 Å². The summed E-state index contributed by atoms with van der Waals surface area (Å²) in [4.78, 5) is 47.2. The van der Waals surface area contributed by atoms with Crippen molar-refractivity contribution in [1.29, 1.82) is 0 Å². The van der Waals surface area contributed by atoms with Crippen molar-refractivity contribution in [2.45, 2.75) is 52.5 Å². The molecule has 10 heteroatoms. The average Bonchev–Trinajstić information content (AvgIpc) is 3.38. The van der Waals surface area contributed by atoms with Crippen LogP contribution in [0.4, 0.5) is 17.1 Å². The van der Waals surface area contributed by atoms with Crippen LogP contribution in [0.15, 0.2) is 26.3 Å². The Morgan fingerprint density at radius 3 is 2.41 bits per heavy atom. The highest BCUT2D eigenvalue weighted by atomic mass is 16.4. The van der Waals surface area contributed by atoms with E-state index >= 15 is 0 Å². The fraction of sp³-hybridized carbons (Fsp3) is 0.458. The summed E-state index contributed by atoms with van der Waals surface area (Å²) in [5.74, 6) is 0.303. The number of anilines is 3. The molecule has 0 unspecified atom stereocenters. The van der Waals surface area contributed by atoms with Gasteiger partial charge in [-0.3, -0.25) is 14.4 Å². The van der Waals surface area contributed by atoms with Gasteiger partial charge in [0.1, 0.15) is 22.8 Å². The van der Waals surface area contributed by atoms with Gasteiger partial charge in [-0.2, -0.15) is 0 Å². The van der Waals surface area contributed by atoms with Gasteiger partial charge in [-0.05, 0) is 31.2 Å². The largest absolute Gasteiger partial charge is 0.504 e. The first-order valence-corrected chi connectivity index (χ1v) is 11.2. The molecule has 2 aromatic heterocycles. The molecule has 0 spiro atoms. The van der Waals surface area contributed by atoms with Gasteiger partial charge in [0.2, 0.25) is 0 Å². The van der Waals surface area contributed by atoms with E-state index in [9.17, 15) is 19.5 Å². The summed E-state index contributed by atoms with van der Waals surface area (Å²) in [6.07, 6.45) is 5.36. The Balaban J connectivity index is 1.70. The molecule has 1 saturated carbocycles. The fourth-order valence-electron chi connectivity index (χ4n) is 4.71. The molecule has 34 heavy (non-hydrogen) atoms. The van der Waals surface area contributed by atoms with Crippen LogP contribution in [0.5, 0.6) is 5.75 Å². The lowest BCUT2D eigenvalue weighted by Crippen LogP contribution is -2.40. The fourth-order valence-corrected chi connectivity index (χ4v) is 4.71. The molecule has 1 amide bonds. The Kier molecular flexibility index (Phi) is 5.93. The highest BCUT2D eigenvalue weighted by molar-refractivity contribution is 5.97. The van der Waals surface area contributed by atoms with Gasteiger partial charge in [0.15, 0.2) is 17.3 Å². The molecule has 0 bridgehead atoms. The van der Waals surface area contributed by atoms with Gasteiger partial charge in [0.05, 0.1) is 11.7 Å². The van der Waals surface area contributed by atoms with Crippen molar-refractivity contribution in [3.05, 3.63) is 55.7 Å². The van der Waals surface area contributed by atoms with Crippen molar-refractivity contribution in [2.24, 2.45) is 5.41 Å². The smallest absolute Gasteiger partial charge is 0.275 e. The summed E-state index contributed by atoms with van der Waals surface area (Å²) in [7, 11) is 3.08. The number of aryl methyl sites for hydroxylation is 2. The topological polar surface area (TPSA) is 138 Å². The lowest BCUT2D eigenvalue weighted by atomic mass is 9.78. The first-order valence-electron chi connectivity index (χ1n) is 11.2. The molecule has 2 heterocycles. The summed E-state index contributed by atoms with van der Waals surface area (Å²) in [5, 5.41) is 16.7. The van der Waals surface area contributed by atoms with E-state index < -0.39 is 22.5 Å². The number of hydrogen-bond donors (Lipinski definition) is 3. The standard InChI is InChI=1S/C24H29N5O5/c1-12-15(26-13(2)34-12)22(24(3)9-6-7-10-24)28-17-16(20(31)21(17)32)27-14-8-11-25-18(19(14)30)23(33)29(4)5/h8,11,22,28,30H,6-7,9-10H2,1-5H3,(H,25,27)/t22-/m0/s1. The summed E-state index contributed by atoms with van der Waals surface area (Å²) < 4.78 is 5.66. The van der Waals surface area contributed by atoms with Gasteiger partial charge in [-0.15, -0.1) is 0 Å². The number of oxazole rings is 1. The van der Waals surface area contributed by atoms with Crippen LogP contribution in [0.1, 0.15) is 66.5 Å². The van der Waals surface area contributed by atoms with E-state index in [0.29, 0.717) is 17.3 Å². The van der Waals surface area contributed by atoms with Crippen molar-refractivity contribution >= 4 is 23.0 Å². The molecule has 4 rings (SSSR count). The normalized spacial score (nSPS) is 15.9. The van der Waals surface area contributed by atoms with E-state index in [2.05, 4.69) is 27.5 Å². The molecule has 1 fully saturated rings. The first-order chi connectivity index (χ1) is 16.0. The average molecular weight is 468 g/mol. The second-order valence-electron chi connectivity index (χ2n) is 9.40. The van der Waals surface area contributed by atoms with Crippen LogP contribution in [0, 0.1) is 19.3 Å². The Bertz CT molecular complexity index is 1310. The van der Waals surface area contributed by atoms with Crippen molar-refractivity contribution in [3.8, 4) is 5.75 Å². The molecule has 0 radical (unpaired) electrons. The second kappa shape index (κ2) is 8.58. The summed E-state index contributed by atoms with van der Waals surface area (Å²) >= 11 is 0. The number of rotatable bonds is 7. The summed E-state index contributed by atoms with van der Waals surface area (Å²) in [6, 6.07) is 1.09. The molecule has 180 valence electrons. The maximum Gasteiger partial charge on any atom is 0.275 e. The molecular formula is C24H29N5O5. The third-order valence-electron chi connectivity index (χ3n) is 6.65. The maximum atomic E-state index is 12.6. The van der Waals surface area contributed by atoms with E-state index in [0.717, 1.165) is 25.7 Å². The van der Waals surface area contributed by atoms with Crippen LogP contribution in [0.25, 0.3) is 0 Å². The number of nitrogens with zero attached hydrogens (tertiary/aromatic N) is 3. The Hall–Kier alpha value is -3.69. The van der Waals surface area contributed by atoms with Crippen molar-refractivity contribution in [1.82, 2.24) is 14.9 Å². The lowest BCUT2D eigenvalue weighted by molar-refractivity contribution is 0.0819. The second-order valence-corrected chi connectivity index (χ2v) is 9.40. The Morgan fingerprint density at radius 1 is 1.18 bits per heavy atom. The Morgan fingerprint density at radius 2 is 1.82 bits per heavy atom.